The van der Waals surface area contributed by atoms with Crippen LogP contribution in [0.1, 0.15) is 12.5 Å². The summed E-state index contributed by atoms with van der Waals surface area (Å²) < 4.78 is 37.5. The van der Waals surface area contributed by atoms with Crippen molar-refractivity contribution in [2.75, 3.05) is 7.05 Å². The van der Waals surface area contributed by atoms with Crippen molar-refractivity contribution in [3.05, 3.63) is 35.6 Å². The van der Waals surface area contributed by atoms with Gasteiger partial charge in [0.2, 0.25) is 10.0 Å². The third-order valence-electron chi connectivity index (χ3n) is 2.36. The molecular weight excluding hydrogens is 243 g/mol. The van der Waals surface area contributed by atoms with E-state index in [1.807, 2.05) is 0 Å². The first-order valence-electron chi connectivity index (χ1n) is 4.97. The molecule has 17 heavy (non-hydrogen) atoms. The largest absolute Gasteiger partial charge is 0.230 e. The molecule has 0 heterocycles. The number of benzene rings is 1. The summed E-state index contributed by atoms with van der Waals surface area (Å²) in [6, 6.07) is 7.38. The molecule has 0 saturated heterocycles. The normalized spacial score (nSPS) is 13.4. The average molecular weight is 256 g/mol. The molecule has 1 atom stereocenters. The fourth-order valence-corrected chi connectivity index (χ4v) is 2.32. The number of halogens is 1. The Morgan fingerprint density at radius 3 is 2.71 bits per heavy atom. The number of nitrogens with zero attached hydrogens (tertiary/aromatic N) is 2. The highest BCUT2D eigenvalue weighted by molar-refractivity contribution is 7.89. The Kier molecular flexibility index (Phi) is 4.21. The molecule has 0 spiro atoms. The molecule has 1 rings (SSSR count). The molecule has 0 N–H and O–H groups in total. The predicted octanol–water partition coefficient (Wildman–Crippen LogP) is 1.50. The van der Waals surface area contributed by atoms with Crippen molar-refractivity contribution >= 4 is 10.0 Å². The van der Waals surface area contributed by atoms with Crippen molar-refractivity contribution in [2.45, 2.75) is 18.7 Å². The van der Waals surface area contributed by atoms with E-state index in [2.05, 4.69) is 0 Å². The van der Waals surface area contributed by atoms with Gasteiger partial charge in [0.1, 0.15) is 5.82 Å². The van der Waals surface area contributed by atoms with Gasteiger partial charge in [0.25, 0.3) is 0 Å². The number of rotatable bonds is 4. The van der Waals surface area contributed by atoms with Crippen LogP contribution >= 0.6 is 0 Å². The molecule has 0 aromatic heterocycles. The van der Waals surface area contributed by atoms with E-state index >= 15 is 0 Å². The Morgan fingerprint density at radius 1 is 1.53 bits per heavy atom. The summed E-state index contributed by atoms with van der Waals surface area (Å²) in [7, 11) is -2.28. The van der Waals surface area contributed by atoms with Crippen LogP contribution in [0, 0.1) is 17.1 Å². The van der Waals surface area contributed by atoms with Gasteiger partial charge in [-0.2, -0.15) is 9.57 Å². The van der Waals surface area contributed by atoms with Gasteiger partial charge in [-0.3, -0.25) is 0 Å². The van der Waals surface area contributed by atoms with Crippen molar-refractivity contribution in [1.29, 1.82) is 5.26 Å². The summed E-state index contributed by atoms with van der Waals surface area (Å²) in [5.41, 5.74) is 0.543. The zero-order valence-corrected chi connectivity index (χ0v) is 10.4. The van der Waals surface area contributed by atoms with Crippen LogP contribution in [0.5, 0.6) is 0 Å². The van der Waals surface area contributed by atoms with Crippen LogP contribution in [0.3, 0.4) is 0 Å². The quantitative estimate of drug-likeness (QED) is 0.820. The highest BCUT2D eigenvalue weighted by atomic mass is 32.2. The number of sulfonamides is 1. The number of hydrogen-bond acceptors (Lipinski definition) is 3. The van der Waals surface area contributed by atoms with Crippen LogP contribution in [-0.2, 0) is 16.6 Å². The van der Waals surface area contributed by atoms with Gasteiger partial charge in [-0.15, -0.1) is 0 Å². The minimum Gasteiger partial charge on any atom is -0.211 e. The molecule has 0 bridgehead atoms. The maximum Gasteiger partial charge on any atom is 0.230 e. The summed E-state index contributed by atoms with van der Waals surface area (Å²) in [5, 5.41) is 7.50. The second-order valence-corrected chi connectivity index (χ2v) is 6.06. The lowest BCUT2D eigenvalue weighted by molar-refractivity contribution is 0.462. The fraction of sp³-hybridized carbons (Fsp3) is 0.364. The molecule has 0 aliphatic carbocycles. The monoisotopic (exact) mass is 256 g/mol. The summed E-state index contributed by atoms with van der Waals surface area (Å²) in [6.45, 7) is 1.36. The van der Waals surface area contributed by atoms with E-state index in [4.69, 9.17) is 5.26 Å². The smallest absolute Gasteiger partial charge is 0.211 e. The fourth-order valence-electron chi connectivity index (χ4n) is 1.32. The van der Waals surface area contributed by atoms with E-state index in [9.17, 15) is 12.8 Å². The molecule has 6 heteroatoms. The summed E-state index contributed by atoms with van der Waals surface area (Å²) in [6.07, 6.45) is 0. The highest BCUT2D eigenvalue weighted by Crippen LogP contribution is 2.12. The van der Waals surface area contributed by atoms with Gasteiger partial charge in [-0.25, -0.2) is 12.8 Å². The lowest BCUT2D eigenvalue weighted by Crippen LogP contribution is -2.33. The molecule has 1 aromatic carbocycles. The van der Waals surface area contributed by atoms with Gasteiger partial charge in [-0.1, -0.05) is 12.1 Å². The van der Waals surface area contributed by atoms with Crippen molar-refractivity contribution in [3.63, 3.8) is 0 Å². The molecule has 92 valence electrons. The van der Waals surface area contributed by atoms with Gasteiger partial charge in [0.05, 0.1) is 6.07 Å². The third-order valence-corrected chi connectivity index (χ3v) is 4.35. The van der Waals surface area contributed by atoms with Crippen LogP contribution in [0.25, 0.3) is 0 Å². The molecule has 0 saturated carbocycles. The lowest BCUT2D eigenvalue weighted by atomic mass is 10.2. The summed E-state index contributed by atoms with van der Waals surface area (Å²) in [5.74, 6) is -0.415. The van der Waals surface area contributed by atoms with E-state index in [1.165, 1.54) is 32.2 Å². The highest BCUT2D eigenvalue weighted by Gasteiger charge is 2.25. The Morgan fingerprint density at radius 2 is 2.18 bits per heavy atom. The van der Waals surface area contributed by atoms with Gasteiger partial charge in [0.15, 0.2) is 5.25 Å². The molecule has 1 aromatic rings. The van der Waals surface area contributed by atoms with Crippen molar-refractivity contribution in [1.82, 2.24) is 4.31 Å². The summed E-state index contributed by atoms with van der Waals surface area (Å²) >= 11 is 0. The van der Waals surface area contributed by atoms with E-state index in [-0.39, 0.29) is 6.54 Å². The van der Waals surface area contributed by atoms with Crippen molar-refractivity contribution in [2.24, 2.45) is 0 Å². The second-order valence-electron chi connectivity index (χ2n) is 3.70. The Balaban J connectivity index is 2.87. The first kappa shape index (κ1) is 13.6. The van der Waals surface area contributed by atoms with Gasteiger partial charge < -0.3 is 0 Å². The molecule has 0 aliphatic heterocycles. The molecule has 1 unspecified atom stereocenters. The molecule has 0 aliphatic rings. The second kappa shape index (κ2) is 5.25. The zero-order valence-electron chi connectivity index (χ0n) is 9.59. The van der Waals surface area contributed by atoms with Crippen LogP contribution in [0.4, 0.5) is 4.39 Å². The van der Waals surface area contributed by atoms with Crippen molar-refractivity contribution < 1.29 is 12.8 Å². The third kappa shape index (κ3) is 3.25. The molecular formula is C11H13FN2O2S. The molecule has 4 nitrogen and oxygen atoms in total. The topological polar surface area (TPSA) is 61.2 Å². The minimum atomic E-state index is -3.65. The summed E-state index contributed by atoms with van der Waals surface area (Å²) in [4.78, 5) is 0. The Labute approximate surface area is 100 Å². The average Bonchev–Trinajstić information content (AvgIpc) is 2.27. The van der Waals surface area contributed by atoms with Crippen LogP contribution in [-0.4, -0.2) is 25.0 Å². The van der Waals surface area contributed by atoms with E-state index in [0.29, 0.717) is 5.56 Å². The van der Waals surface area contributed by atoms with E-state index in [0.717, 1.165) is 4.31 Å². The SMILES string of the molecule is CC(C#N)S(=O)(=O)N(C)Cc1cccc(F)c1. The molecule has 0 radical (unpaired) electrons. The van der Waals surface area contributed by atoms with Gasteiger partial charge in [0, 0.05) is 13.6 Å². The Hall–Kier alpha value is -1.45. The molecule has 0 amide bonds. The maximum absolute atomic E-state index is 12.9. The first-order valence-corrected chi connectivity index (χ1v) is 6.47. The van der Waals surface area contributed by atoms with Crippen molar-refractivity contribution in [3.8, 4) is 6.07 Å². The van der Waals surface area contributed by atoms with Gasteiger partial charge in [-0.05, 0) is 24.6 Å². The Bertz CT molecular complexity index is 537. The molecule has 0 fully saturated rings. The lowest BCUT2D eigenvalue weighted by Gasteiger charge is -2.18. The van der Waals surface area contributed by atoms with Crippen LogP contribution in [0.2, 0.25) is 0 Å². The standard InChI is InChI=1S/C11H13FN2O2S/c1-9(7-13)17(15,16)14(2)8-10-4-3-5-11(12)6-10/h3-6,9H,8H2,1-2H3. The van der Waals surface area contributed by atoms with Gasteiger partial charge >= 0.3 is 0 Å². The van der Waals surface area contributed by atoms with E-state index < -0.39 is 21.1 Å². The number of hydrogen-bond donors (Lipinski definition) is 0. The van der Waals surface area contributed by atoms with E-state index in [1.54, 1.807) is 12.1 Å². The van der Waals surface area contributed by atoms with Crippen LogP contribution in [0.15, 0.2) is 24.3 Å². The number of nitriles is 1. The minimum absolute atomic E-state index is 0.0477. The zero-order chi connectivity index (χ0) is 13.1. The maximum atomic E-state index is 12.9. The predicted molar refractivity (Wildman–Crippen MR) is 61.9 cm³/mol. The first-order chi connectivity index (χ1) is 7.87. The van der Waals surface area contributed by atoms with Crippen LogP contribution < -0.4 is 0 Å².